The average molecular weight is 368 g/mol. The molecule has 144 valence electrons. The van der Waals surface area contributed by atoms with Crippen molar-refractivity contribution in [3.05, 3.63) is 59.4 Å². The van der Waals surface area contributed by atoms with Crippen LogP contribution in [-0.4, -0.2) is 36.6 Å². The lowest BCUT2D eigenvalue weighted by molar-refractivity contribution is -0.141. The van der Waals surface area contributed by atoms with Gasteiger partial charge in [0.2, 0.25) is 0 Å². The zero-order valence-corrected chi connectivity index (χ0v) is 16.4. The SMILES string of the molecule is COC(=O)CCN([C@@H](C)c1ccc(OC)cc1)[C@H]1CCCc2cccnc21. The molecule has 5 heteroatoms. The minimum atomic E-state index is -0.181. The second-order valence-electron chi connectivity index (χ2n) is 6.97. The number of aryl methyl sites for hydroxylation is 1. The normalized spacial score (nSPS) is 17.3. The van der Waals surface area contributed by atoms with Crippen LogP contribution in [0.2, 0.25) is 0 Å². The summed E-state index contributed by atoms with van der Waals surface area (Å²) in [7, 11) is 3.11. The Balaban J connectivity index is 1.89. The standard InChI is InChI=1S/C22H28N2O3/c1-16(17-9-11-19(26-2)12-10-17)24(15-13-21(25)27-3)20-8-4-6-18-7-5-14-23-22(18)20/h5,7,9-12,14,16,20H,4,6,8,13,15H2,1-3H3/t16-,20-/m0/s1. The highest BCUT2D eigenvalue weighted by atomic mass is 16.5. The van der Waals surface area contributed by atoms with Gasteiger partial charge in [0.25, 0.3) is 0 Å². The number of rotatable bonds is 7. The maximum atomic E-state index is 11.8. The van der Waals surface area contributed by atoms with Crippen LogP contribution in [0.5, 0.6) is 5.75 Å². The van der Waals surface area contributed by atoms with E-state index in [1.165, 1.54) is 18.2 Å². The molecule has 0 unspecified atom stereocenters. The van der Waals surface area contributed by atoms with Gasteiger partial charge in [-0.05, 0) is 55.5 Å². The Bertz CT molecular complexity index is 760. The van der Waals surface area contributed by atoms with E-state index in [1.807, 2.05) is 24.4 Å². The molecular weight excluding hydrogens is 340 g/mol. The highest BCUT2D eigenvalue weighted by Gasteiger charge is 2.31. The summed E-state index contributed by atoms with van der Waals surface area (Å²) in [4.78, 5) is 18.9. The molecule has 1 aliphatic carbocycles. The summed E-state index contributed by atoms with van der Waals surface area (Å²) in [6, 6.07) is 12.7. The summed E-state index contributed by atoms with van der Waals surface area (Å²) >= 11 is 0. The van der Waals surface area contributed by atoms with E-state index in [0.29, 0.717) is 13.0 Å². The van der Waals surface area contributed by atoms with Gasteiger partial charge in [0.1, 0.15) is 5.75 Å². The van der Waals surface area contributed by atoms with Crippen LogP contribution >= 0.6 is 0 Å². The summed E-state index contributed by atoms with van der Waals surface area (Å²) in [5.74, 6) is 0.663. The fourth-order valence-corrected chi connectivity index (χ4v) is 3.92. The molecule has 1 aromatic carbocycles. The lowest BCUT2D eigenvalue weighted by Crippen LogP contribution is -2.36. The van der Waals surface area contributed by atoms with E-state index in [0.717, 1.165) is 30.7 Å². The number of benzene rings is 1. The first-order chi connectivity index (χ1) is 13.1. The molecule has 1 heterocycles. The van der Waals surface area contributed by atoms with E-state index < -0.39 is 0 Å². The van der Waals surface area contributed by atoms with Crippen LogP contribution in [-0.2, 0) is 16.0 Å². The first kappa shape index (κ1) is 19.4. The number of aromatic nitrogens is 1. The number of esters is 1. The molecule has 0 spiro atoms. The average Bonchev–Trinajstić information content (AvgIpc) is 2.73. The number of pyridine rings is 1. The lowest BCUT2D eigenvalue weighted by atomic mass is 9.89. The Morgan fingerprint density at radius 1 is 1.26 bits per heavy atom. The van der Waals surface area contributed by atoms with Crippen molar-refractivity contribution in [2.75, 3.05) is 20.8 Å². The van der Waals surface area contributed by atoms with Gasteiger partial charge in [0, 0.05) is 18.8 Å². The van der Waals surface area contributed by atoms with Crippen molar-refractivity contribution in [3.63, 3.8) is 0 Å². The topological polar surface area (TPSA) is 51.7 Å². The Hall–Kier alpha value is -2.40. The summed E-state index contributed by atoms with van der Waals surface area (Å²) < 4.78 is 10.2. The maximum absolute atomic E-state index is 11.8. The predicted molar refractivity (Wildman–Crippen MR) is 105 cm³/mol. The van der Waals surface area contributed by atoms with E-state index in [-0.39, 0.29) is 18.1 Å². The molecule has 0 bridgehead atoms. The molecule has 2 atom stereocenters. The van der Waals surface area contributed by atoms with Gasteiger partial charge < -0.3 is 9.47 Å². The van der Waals surface area contributed by atoms with Crippen LogP contribution in [0.15, 0.2) is 42.6 Å². The third-order valence-electron chi connectivity index (χ3n) is 5.46. The zero-order valence-electron chi connectivity index (χ0n) is 16.4. The number of carbonyl (C=O) groups excluding carboxylic acids is 1. The molecule has 0 amide bonds. The summed E-state index contributed by atoms with van der Waals surface area (Å²) in [6.07, 6.45) is 5.49. The quantitative estimate of drug-likeness (QED) is 0.689. The zero-order chi connectivity index (χ0) is 19.2. The maximum Gasteiger partial charge on any atom is 0.306 e. The minimum absolute atomic E-state index is 0.151. The highest BCUT2D eigenvalue weighted by molar-refractivity contribution is 5.69. The van der Waals surface area contributed by atoms with Gasteiger partial charge in [0.15, 0.2) is 0 Å². The van der Waals surface area contributed by atoms with E-state index in [9.17, 15) is 4.79 Å². The number of hydrogen-bond donors (Lipinski definition) is 0. The molecule has 0 fully saturated rings. The second-order valence-corrected chi connectivity index (χ2v) is 6.97. The van der Waals surface area contributed by atoms with Crippen LogP contribution in [0.4, 0.5) is 0 Å². The van der Waals surface area contributed by atoms with Gasteiger partial charge in [-0.15, -0.1) is 0 Å². The van der Waals surface area contributed by atoms with Gasteiger partial charge in [-0.3, -0.25) is 14.7 Å². The number of carbonyl (C=O) groups is 1. The third kappa shape index (κ3) is 4.48. The van der Waals surface area contributed by atoms with E-state index >= 15 is 0 Å². The molecule has 0 saturated carbocycles. The van der Waals surface area contributed by atoms with Crippen LogP contribution in [0, 0.1) is 0 Å². The van der Waals surface area contributed by atoms with Crippen molar-refractivity contribution in [1.29, 1.82) is 0 Å². The van der Waals surface area contributed by atoms with Gasteiger partial charge >= 0.3 is 5.97 Å². The van der Waals surface area contributed by atoms with Crippen LogP contribution in [0.25, 0.3) is 0 Å². The summed E-state index contributed by atoms with van der Waals surface area (Å²) in [5, 5.41) is 0. The predicted octanol–water partition coefficient (Wildman–Crippen LogP) is 4.09. The second kappa shape index (κ2) is 9.00. The molecule has 0 saturated heterocycles. The molecule has 3 rings (SSSR count). The first-order valence-electron chi connectivity index (χ1n) is 9.54. The Morgan fingerprint density at radius 3 is 2.74 bits per heavy atom. The van der Waals surface area contributed by atoms with Gasteiger partial charge in [-0.1, -0.05) is 18.2 Å². The number of hydrogen-bond acceptors (Lipinski definition) is 5. The molecule has 2 aromatic rings. The molecule has 1 aliphatic rings. The molecule has 27 heavy (non-hydrogen) atoms. The van der Waals surface area contributed by atoms with Crippen molar-refractivity contribution >= 4 is 5.97 Å². The van der Waals surface area contributed by atoms with Gasteiger partial charge in [-0.2, -0.15) is 0 Å². The number of ether oxygens (including phenoxy) is 2. The number of fused-ring (bicyclic) bond motifs is 1. The van der Waals surface area contributed by atoms with Crippen molar-refractivity contribution in [2.24, 2.45) is 0 Å². The third-order valence-corrected chi connectivity index (χ3v) is 5.46. The largest absolute Gasteiger partial charge is 0.497 e. The fourth-order valence-electron chi connectivity index (χ4n) is 3.92. The van der Waals surface area contributed by atoms with Crippen molar-refractivity contribution in [2.45, 2.75) is 44.7 Å². The van der Waals surface area contributed by atoms with Gasteiger partial charge in [0.05, 0.1) is 32.4 Å². The van der Waals surface area contributed by atoms with E-state index in [1.54, 1.807) is 7.11 Å². The highest BCUT2D eigenvalue weighted by Crippen LogP contribution is 2.38. The van der Waals surface area contributed by atoms with Crippen LogP contribution in [0.3, 0.4) is 0 Å². The Morgan fingerprint density at radius 2 is 2.04 bits per heavy atom. The van der Waals surface area contributed by atoms with Crippen LogP contribution < -0.4 is 4.74 Å². The molecule has 1 aromatic heterocycles. The van der Waals surface area contributed by atoms with Crippen molar-refractivity contribution in [1.82, 2.24) is 9.88 Å². The molecular formula is C22H28N2O3. The monoisotopic (exact) mass is 368 g/mol. The molecule has 0 aliphatic heterocycles. The number of methoxy groups -OCH3 is 2. The molecule has 5 nitrogen and oxygen atoms in total. The summed E-state index contributed by atoms with van der Waals surface area (Å²) in [5.41, 5.74) is 3.66. The molecule has 0 radical (unpaired) electrons. The Kier molecular flexibility index (Phi) is 6.45. The van der Waals surface area contributed by atoms with Crippen molar-refractivity contribution in [3.8, 4) is 5.75 Å². The van der Waals surface area contributed by atoms with Gasteiger partial charge in [-0.25, -0.2) is 0 Å². The fraction of sp³-hybridized carbons (Fsp3) is 0.455. The van der Waals surface area contributed by atoms with E-state index in [2.05, 4.69) is 30.0 Å². The minimum Gasteiger partial charge on any atom is -0.497 e. The first-order valence-corrected chi connectivity index (χ1v) is 9.54. The summed E-state index contributed by atoms with van der Waals surface area (Å²) in [6.45, 7) is 2.83. The lowest BCUT2D eigenvalue weighted by Gasteiger charge is -2.39. The van der Waals surface area contributed by atoms with Crippen molar-refractivity contribution < 1.29 is 14.3 Å². The number of nitrogens with zero attached hydrogens (tertiary/aromatic N) is 2. The van der Waals surface area contributed by atoms with Crippen LogP contribution in [0.1, 0.15) is 55.1 Å². The smallest absolute Gasteiger partial charge is 0.306 e. The van der Waals surface area contributed by atoms with E-state index in [4.69, 9.17) is 14.5 Å². The molecule has 0 N–H and O–H groups in total. The Labute approximate surface area is 161 Å².